The Morgan fingerprint density at radius 2 is 1.75 bits per heavy atom. The Kier molecular flexibility index (Phi) is 5.54. The molecule has 0 radical (unpaired) electrons. The third-order valence-corrected chi connectivity index (χ3v) is 5.22. The lowest BCUT2D eigenvalue weighted by Crippen LogP contribution is -2.08. The van der Waals surface area contributed by atoms with Crippen LogP contribution in [0.3, 0.4) is 0 Å². The van der Waals surface area contributed by atoms with Gasteiger partial charge >= 0.3 is 10.2 Å². The lowest BCUT2D eigenvalue weighted by molar-refractivity contribution is 0.281. The van der Waals surface area contributed by atoms with E-state index in [1.807, 2.05) is 0 Å². The summed E-state index contributed by atoms with van der Waals surface area (Å²) < 4.78 is 99.4. The van der Waals surface area contributed by atoms with Gasteiger partial charge < -0.3 is 15.2 Å². The minimum absolute atomic E-state index is 0.0352. The van der Waals surface area contributed by atoms with Crippen LogP contribution in [0.5, 0.6) is 5.75 Å². The number of aliphatic hydroxyl groups is 1. The van der Waals surface area contributed by atoms with Crippen molar-refractivity contribution in [1.29, 1.82) is 0 Å². The summed E-state index contributed by atoms with van der Waals surface area (Å²) in [6.07, 6.45) is 0.699. The van der Waals surface area contributed by atoms with Gasteiger partial charge in [0.15, 0.2) is 5.82 Å². The number of rotatable bonds is 7. The number of halogens is 7. The molecule has 0 bridgehead atoms. The maximum absolute atomic E-state index is 14.4. The Bertz CT molecular complexity index is 1170. The molecule has 2 aromatic carbocycles. The Hall–Kier alpha value is -3.06. The Balaban J connectivity index is 2.06. The number of benzene rings is 2. The Morgan fingerprint density at radius 1 is 1.03 bits per heavy atom. The van der Waals surface area contributed by atoms with Gasteiger partial charge in [0, 0.05) is 17.3 Å². The molecule has 0 fully saturated rings. The summed E-state index contributed by atoms with van der Waals surface area (Å²) in [4.78, 5) is 5.25. The highest BCUT2D eigenvalue weighted by molar-refractivity contribution is 8.45. The van der Waals surface area contributed by atoms with Gasteiger partial charge in [-0.1, -0.05) is 19.4 Å². The molecule has 0 saturated carbocycles. The molecule has 0 aliphatic heterocycles. The Labute approximate surface area is 177 Å². The SMILES string of the molecule is CCOc1cc(F)ccc1-c1nc(Nc2cc(CO)cc(S(F)(F)(F)(F)F)c2)ncc1F. The number of aromatic nitrogens is 2. The van der Waals surface area contributed by atoms with Gasteiger partial charge in [-0.05, 0) is 42.8 Å². The first-order valence-electron chi connectivity index (χ1n) is 8.91. The minimum Gasteiger partial charge on any atom is -0.493 e. The van der Waals surface area contributed by atoms with Crippen molar-refractivity contribution in [2.24, 2.45) is 0 Å². The van der Waals surface area contributed by atoms with E-state index in [2.05, 4.69) is 15.3 Å². The second kappa shape index (κ2) is 7.52. The monoisotopic (exact) mass is 483 g/mol. The molecule has 3 rings (SSSR count). The van der Waals surface area contributed by atoms with Gasteiger partial charge in [-0.15, -0.1) is 0 Å². The van der Waals surface area contributed by atoms with Crippen LogP contribution in [0.15, 0.2) is 47.5 Å². The van der Waals surface area contributed by atoms with E-state index in [4.69, 9.17) is 9.84 Å². The number of nitrogens with zero attached hydrogens (tertiary/aromatic N) is 2. The summed E-state index contributed by atoms with van der Waals surface area (Å²) in [5.74, 6) is -2.08. The second-order valence-corrected chi connectivity index (χ2v) is 8.99. The van der Waals surface area contributed by atoms with Crippen LogP contribution in [0.4, 0.5) is 39.8 Å². The van der Waals surface area contributed by atoms with Crippen LogP contribution in [-0.2, 0) is 6.61 Å². The van der Waals surface area contributed by atoms with E-state index in [1.54, 1.807) is 6.92 Å². The standard InChI is InChI=1S/C19H16F7N3O2S/c1-2-31-17-7-12(20)3-4-15(17)18-16(21)9-27-19(29-18)28-13-5-11(10-30)6-14(8-13)32(22,23,24,25)26/h3-9,30H,2,10H2,1H3,(H,27,28,29). The van der Waals surface area contributed by atoms with Crippen molar-refractivity contribution in [2.75, 3.05) is 11.9 Å². The van der Waals surface area contributed by atoms with Crippen LogP contribution in [0, 0.1) is 11.6 Å². The zero-order chi connectivity index (χ0) is 23.8. The van der Waals surface area contributed by atoms with E-state index in [0.717, 1.165) is 18.2 Å². The molecule has 0 aliphatic carbocycles. The maximum atomic E-state index is 14.4. The molecule has 32 heavy (non-hydrogen) atoms. The predicted octanol–water partition coefficient (Wildman–Crippen LogP) is 6.71. The van der Waals surface area contributed by atoms with E-state index in [0.29, 0.717) is 6.20 Å². The van der Waals surface area contributed by atoms with E-state index >= 15 is 0 Å². The number of nitrogens with one attached hydrogen (secondary N) is 1. The van der Waals surface area contributed by atoms with Crippen LogP contribution >= 0.6 is 10.2 Å². The van der Waals surface area contributed by atoms with Gasteiger partial charge in [0.25, 0.3) is 0 Å². The molecule has 0 amide bonds. The van der Waals surface area contributed by atoms with Crippen molar-refractivity contribution in [3.63, 3.8) is 0 Å². The molecule has 0 spiro atoms. The molecule has 0 saturated heterocycles. The summed E-state index contributed by atoms with van der Waals surface area (Å²) in [5, 5.41) is 11.5. The summed E-state index contributed by atoms with van der Waals surface area (Å²) in [7, 11) is -10.0. The molecule has 1 heterocycles. The lowest BCUT2D eigenvalue weighted by atomic mass is 10.1. The fraction of sp³-hybridized carbons (Fsp3) is 0.158. The van der Waals surface area contributed by atoms with E-state index < -0.39 is 50.6 Å². The van der Waals surface area contributed by atoms with Crippen molar-refractivity contribution >= 4 is 21.9 Å². The van der Waals surface area contributed by atoms with E-state index in [-0.39, 0.29) is 35.7 Å². The molecule has 0 aliphatic rings. The number of hydrogen-bond donors (Lipinski definition) is 2. The average molecular weight is 483 g/mol. The van der Waals surface area contributed by atoms with Gasteiger partial charge in [-0.25, -0.2) is 18.7 Å². The smallest absolute Gasteiger partial charge is 0.310 e. The maximum Gasteiger partial charge on any atom is 0.310 e. The van der Waals surface area contributed by atoms with Crippen molar-refractivity contribution in [1.82, 2.24) is 9.97 Å². The molecule has 3 aromatic rings. The van der Waals surface area contributed by atoms with Gasteiger partial charge in [0.05, 0.1) is 19.4 Å². The number of anilines is 2. The number of aliphatic hydroxyl groups excluding tert-OH is 1. The molecule has 13 heteroatoms. The van der Waals surface area contributed by atoms with Gasteiger partial charge in [0.1, 0.15) is 22.2 Å². The van der Waals surface area contributed by atoms with Gasteiger partial charge in [-0.3, -0.25) is 0 Å². The summed E-state index contributed by atoms with van der Waals surface area (Å²) in [6.45, 7) is 0.793. The topological polar surface area (TPSA) is 67.3 Å². The quantitative estimate of drug-likeness (QED) is 0.366. The van der Waals surface area contributed by atoms with Gasteiger partial charge in [-0.2, -0.15) is 0 Å². The zero-order valence-electron chi connectivity index (χ0n) is 16.3. The largest absolute Gasteiger partial charge is 0.493 e. The van der Waals surface area contributed by atoms with Crippen molar-refractivity contribution in [3.05, 3.63) is 59.8 Å². The fourth-order valence-corrected chi connectivity index (χ4v) is 3.48. The molecule has 5 nitrogen and oxygen atoms in total. The van der Waals surface area contributed by atoms with Crippen LogP contribution < -0.4 is 10.1 Å². The first-order chi connectivity index (χ1) is 14.7. The summed E-state index contributed by atoms with van der Waals surface area (Å²) in [6, 6.07) is 4.46. The predicted molar refractivity (Wildman–Crippen MR) is 106 cm³/mol. The first kappa shape index (κ1) is 23.6. The molecule has 2 N–H and O–H groups in total. The van der Waals surface area contributed by atoms with E-state index in [9.17, 15) is 28.2 Å². The lowest BCUT2D eigenvalue weighted by Gasteiger charge is -2.40. The normalized spacial score (nSPS) is 13.9. The average Bonchev–Trinajstić information content (AvgIpc) is 2.68. The van der Waals surface area contributed by atoms with Crippen molar-refractivity contribution in [3.8, 4) is 17.0 Å². The zero-order valence-corrected chi connectivity index (χ0v) is 17.1. The highest BCUT2D eigenvalue weighted by atomic mass is 32.5. The highest BCUT2D eigenvalue weighted by Crippen LogP contribution is 3.02. The molecular formula is C19H16F7N3O2S. The first-order valence-corrected chi connectivity index (χ1v) is 10.9. The molecule has 174 valence electrons. The second-order valence-electron chi connectivity index (χ2n) is 6.58. The van der Waals surface area contributed by atoms with Gasteiger partial charge in [0.2, 0.25) is 5.95 Å². The van der Waals surface area contributed by atoms with Crippen LogP contribution in [0.2, 0.25) is 0 Å². The Morgan fingerprint density at radius 3 is 2.38 bits per heavy atom. The van der Waals surface area contributed by atoms with E-state index in [1.165, 1.54) is 6.07 Å². The molecular weight excluding hydrogens is 467 g/mol. The van der Waals surface area contributed by atoms with Crippen LogP contribution in [0.1, 0.15) is 12.5 Å². The third kappa shape index (κ3) is 5.40. The molecule has 0 unspecified atom stereocenters. The van der Waals surface area contributed by atoms with Crippen molar-refractivity contribution < 1.29 is 38.1 Å². The third-order valence-electron chi connectivity index (χ3n) is 4.09. The number of ether oxygens (including phenoxy) is 1. The molecule has 1 aromatic heterocycles. The molecule has 0 atom stereocenters. The van der Waals surface area contributed by atoms with Crippen LogP contribution in [0.25, 0.3) is 11.3 Å². The number of hydrogen-bond acceptors (Lipinski definition) is 5. The highest BCUT2D eigenvalue weighted by Gasteiger charge is 2.65. The van der Waals surface area contributed by atoms with Crippen LogP contribution in [-0.4, -0.2) is 21.7 Å². The summed E-state index contributed by atoms with van der Waals surface area (Å²) >= 11 is 0. The van der Waals surface area contributed by atoms with Crippen molar-refractivity contribution in [2.45, 2.75) is 18.4 Å². The minimum atomic E-state index is -10.0. The fourth-order valence-electron chi connectivity index (χ4n) is 2.76. The summed E-state index contributed by atoms with van der Waals surface area (Å²) in [5.41, 5.74) is -1.29.